The third kappa shape index (κ3) is 3.49. The van der Waals surface area contributed by atoms with Gasteiger partial charge in [0.2, 0.25) is 0 Å². The van der Waals surface area contributed by atoms with Crippen LogP contribution in [-0.2, 0) is 12.5 Å². The third-order valence-electron chi connectivity index (χ3n) is 10.7. The lowest BCUT2D eigenvalue weighted by Gasteiger charge is -2.22. The highest BCUT2D eigenvalue weighted by Crippen LogP contribution is 2.51. The van der Waals surface area contributed by atoms with Gasteiger partial charge in [-0.2, -0.15) is 0 Å². The molecule has 0 N–H and O–H groups in total. The maximum Gasteiger partial charge on any atom is 0.334 e. The lowest BCUT2D eigenvalue weighted by atomic mass is 9.81. The molecule has 0 unspecified atom stereocenters. The quantitative estimate of drug-likeness (QED) is 0.181. The lowest BCUT2D eigenvalue weighted by Crippen LogP contribution is -2.24. The molecule has 0 spiro atoms. The zero-order valence-electron chi connectivity index (χ0n) is 27.0. The second-order valence-corrected chi connectivity index (χ2v) is 13.6. The van der Waals surface area contributed by atoms with Crippen LogP contribution in [0.1, 0.15) is 25.0 Å². The Labute approximate surface area is 277 Å². The van der Waals surface area contributed by atoms with Crippen LogP contribution in [0.25, 0.3) is 82.5 Å². The summed E-state index contributed by atoms with van der Waals surface area (Å²) in [7, 11) is 1.86. The Morgan fingerprint density at radius 3 is 1.81 bits per heavy atom. The minimum Gasteiger partial charge on any atom is -0.296 e. The van der Waals surface area contributed by atoms with Crippen molar-refractivity contribution in [3.8, 4) is 33.4 Å². The van der Waals surface area contributed by atoms with Crippen LogP contribution in [0.4, 0.5) is 0 Å². The van der Waals surface area contributed by atoms with Gasteiger partial charge in [0.15, 0.2) is 5.65 Å². The van der Waals surface area contributed by atoms with Crippen molar-refractivity contribution in [3.63, 3.8) is 0 Å². The molecular formula is C44H31N3O. The van der Waals surface area contributed by atoms with E-state index in [0.717, 1.165) is 27.5 Å². The molecule has 0 aliphatic heterocycles. The van der Waals surface area contributed by atoms with E-state index in [2.05, 4.69) is 123 Å². The van der Waals surface area contributed by atoms with Crippen LogP contribution >= 0.6 is 0 Å². The molecule has 0 fully saturated rings. The highest BCUT2D eigenvalue weighted by molar-refractivity contribution is 6.22. The van der Waals surface area contributed by atoms with Gasteiger partial charge < -0.3 is 0 Å². The van der Waals surface area contributed by atoms with E-state index in [0.29, 0.717) is 5.65 Å². The maximum absolute atomic E-state index is 13.8. The van der Waals surface area contributed by atoms with Crippen LogP contribution < -0.4 is 5.69 Å². The predicted octanol–water partition coefficient (Wildman–Crippen LogP) is 10.3. The highest BCUT2D eigenvalue weighted by atomic mass is 16.1. The molecular weight excluding hydrogens is 587 g/mol. The van der Waals surface area contributed by atoms with Gasteiger partial charge in [-0.3, -0.25) is 4.57 Å². The van der Waals surface area contributed by atoms with Crippen LogP contribution in [-0.4, -0.2) is 14.0 Å². The fourth-order valence-corrected chi connectivity index (χ4v) is 8.43. The molecule has 2 heterocycles. The first-order chi connectivity index (χ1) is 23.4. The molecule has 4 heteroatoms. The second kappa shape index (κ2) is 9.52. The van der Waals surface area contributed by atoms with Crippen molar-refractivity contribution in [2.75, 3.05) is 0 Å². The fourth-order valence-electron chi connectivity index (χ4n) is 8.43. The minimum atomic E-state index is -0.102. The van der Waals surface area contributed by atoms with Gasteiger partial charge >= 0.3 is 5.69 Å². The molecule has 0 amide bonds. The summed E-state index contributed by atoms with van der Waals surface area (Å²) in [6.07, 6.45) is 0. The Morgan fingerprint density at radius 2 is 1.10 bits per heavy atom. The van der Waals surface area contributed by atoms with E-state index in [1.165, 1.54) is 60.5 Å². The SMILES string of the molecule is Cn1c(=O)n2c3ccccc3nc2c2ccc(-c3c4ccccc4c(-c4ccc5c(c4)-c4ccccc4C5(C)C)c4ccccc34)cc21. The Morgan fingerprint density at radius 1 is 0.542 bits per heavy atom. The Balaban J connectivity index is 1.26. The van der Waals surface area contributed by atoms with Gasteiger partial charge in [0.1, 0.15) is 0 Å². The first-order valence-electron chi connectivity index (χ1n) is 16.5. The molecule has 1 aliphatic rings. The summed E-state index contributed by atoms with van der Waals surface area (Å²) >= 11 is 0. The largest absolute Gasteiger partial charge is 0.334 e. The van der Waals surface area contributed by atoms with Gasteiger partial charge in [0, 0.05) is 17.8 Å². The molecule has 48 heavy (non-hydrogen) atoms. The molecule has 0 atom stereocenters. The smallest absolute Gasteiger partial charge is 0.296 e. The van der Waals surface area contributed by atoms with Gasteiger partial charge in [-0.25, -0.2) is 14.2 Å². The Bertz CT molecular complexity index is 2850. The summed E-state index contributed by atoms with van der Waals surface area (Å²) in [4.78, 5) is 18.7. The number of hydrogen-bond donors (Lipinski definition) is 0. The van der Waals surface area contributed by atoms with Crippen LogP contribution in [0, 0.1) is 0 Å². The number of para-hydroxylation sites is 2. The van der Waals surface area contributed by atoms with E-state index in [4.69, 9.17) is 4.98 Å². The van der Waals surface area contributed by atoms with Gasteiger partial charge in [-0.15, -0.1) is 0 Å². The number of aromatic nitrogens is 3. The fraction of sp³-hybridized carbons (Fsp3) is 0.0909. The van der Waals surface area contributed by atoms with E-state index in [9.17, 15) is 4.79 Å². The number of benzene rings is 7. The standard InChI is InChI=1S/C44H31N3O/c1-44(2)35-17-9-8-12-28(35)34-24-26(21-23-36(34)44)40-29-13-4-6-15-31(29)41(32-16-7-5-14-30(32)40)27-20-22-33-39(25-27)46(3)43(48)47-38-19-11-10-18-37(38)45-42(33)47/h4-25H,1-3H3. The molecule has 228 valence electrons. The molecule has 4 nitrogen and oxygen atoms in total. The van der Waals surface area contributed by atoms with Crippen LogP contribution in [0.2, 0.25) is 0 Å². The zero-order chi connectivity index (χ0) is 32.3. The number of fused-ring (bicyclic) bond motifs is 10. The molecule has 1 aliphatic carbocycles. The topological polar surface area (TPSA) is 39.3 Å². The Kier molecular flexibility index (Phi) is 5.38. The van der Waals surface area contributed by atoms with E-state index < -0.39 is 0 Å². The zero-order valence-corrected chi connectivity index (χ0v) is 27.0. The van der Waals surface area contributed by atoms with E-state index in [1.54, 1.807) is 8.97 Å². The van der Waals surface area contributed by atoms with E-state index in [-0.39, 0.29) is 11.1 Å². The third-order valence-corrected chi connectivity index (χ3v) is 10.7. The van der Waals surface area contributed by atoms with Crippen molar-refractivity contribution in [1.29, 1.82) is 0 Å². The van der Waals surface area contributed by atoms with Crippen molar-refractivity contribution in [3.05, 3.63) is 155 Å². The minimum absolute atomic E-state index is 0.0384. The molecule has 2 aromatic heterocycles. The molecule has 0 saturated carbocycles. The summed E-state index contributed by atoms with van der Waals surface area (Å²) in [5, 5.41) is 5.73. The van der Waals surface area contributed by atoms with E-state index in [1.807, 2.05) is 31.3 Å². The summed E-state index contributed by atoms with van der Waals surface area (Å²) < 4.78 is 3.48. The molecule has 10 rings (SSSR count). The predicted molar refractivity (Wildman–Crippen MR) is 199 cm³/mol. The molecule has 9 aromatic rings. The normalized spacial score (nSPS) is 13.6. The monoisotopic (exact) mass is 617 g/mol. The first kappa shape index (κ1) is 27.1. The molecule has 0 saturated heterocycles. The highest BCUT2D eigenvalue weighted by Gasteiger charge is 2.35. The molecule has 7 aromatic carbocycles. The van der Waals surface area contributed by atoms with E-state index >= 15 is 0 Å². The Hall–Kier alpha value is -6.00. The number of hydrogen-bond acceptors (Lipinski definition) is 2. The van der Waals surface area contributed by atoms with Crippen LogP contribution in [0.3, 0.4) is 0 Å². The van der Waals surface area contributed by atoms with Crippen molar-refractivity contribution in [2.45, 2.75) is 19.3 Å². The second-order valence-electron chi connectivity index (χ2n) is 13.6. The number of imidazole rings is 1. The van der Waals surface area contributed by atoms with Crippen LogP contribution in [0.5, 0.6) is 0 Å². The van der Waals surface area contributed by atoms with Crippen molar-refractivity contribution >= 4 is 49.1 Å². The average Bonchev–Trinajstić information content (AvgIpc) is 3.62. The molecule has 0 bridgehead atoms. The lowest BCUT2D eigenvalue weighted by molar-refractivity contribution is 0.660. The van der Waals surface area contributed by atoms with Crippen molar-refractivity contribution < 1.29 is 0 Å². The molecule has 0 radical (unpaired) electrons. The maximum atomic E-state index is 13.8. The average molecular weight is 618 g/mol. The number of aryl methyl sites for hydroxylation is 1. The van der Waals surface area contributed by atoms with Crippen molar-refractivity contribution in [1.82, 2.24) is 14.0 Å². The van der Waals surface area contributed by atoms with Gasteiger partial charge in [0.25, 0.3) is 0 Å². The summed E-state index contributed by atoms with van der Waals surface area (Å²) in [5.74, 6) is 0. The summed E-state index contributed by atoms with van der Waals surface area (Å²) in [6, 6.07) is 47.7. The van der Waals surface area contributed by atoms with Gasteiger partial charge in [-0.1, -0.05) is 117 Å². The van der Waals surface area contributed by atoms with Gasteiger partial charge in [-0.05, 0) is 96.4 Å². The summed E-state index contributed by atoms with van der Waals surface area (Å²) in [5.41, 5.74) is 13.1. The number of nitrogens with zero attached hydrogens (tertiary/aromatic N) is 3. The number of rotatable bonds is 2. The van der Waals surface area contributed by atoms with Crippen molar-refractivity contribution in [2.24, 2.45) is 7.05 Å². The summed E-state index contributed by atoms with van der Waals surface area (Å²) in [6.45, 7) is 4.66. The first-order valence-corrected chi connectivity index (χ1v) is 16.5. The van der Waals surface area contributed by atoms with Gasteiger partial charge in [0.05, 0.1) is 16.6 Å². The van der Waals surface area contributed by atoms with Crippen LogP contribution in [0.15, 0.2) is 138 Å².